The number of hydrogen-bond acceptors (Lipinski definition) is 8. The Hall–Kier alpha value is -3.62. The zero-order valence-electron chi connectivity index (χ0n) is 23.8. The molecule has 0 saturated carbocycles. The number of carbonyl (C=O) groups is 3. The number of aromatic nitrogens is 1. The summed E-state index contributed by atoms with van der Waals surface area (Å²) >= 11 is 0. The number of carbonyl (C=O) groups excluding carboxylic acids is 3. The van der Waals surface area contributed by atoms with Crippen LogP contribution >= 0.6 is 0 Å². The van der Waals surface area contributed by atoms with Crippen molar-refractivity contribution in [3.8, 4) is 11.5 Å². The van der Waals surface area contributed by atoms with Crippen LogP contribution in [0.3, 0.4) is 0 Å². The van der Waals surface area contributed by atoms with Crippen molar-refractivity contribution in [2.75, 3.05) is 13.9 Å². The lowest BCUT2D eigenvalue weighted by molar-refractivity contribution is -0.154. The van der Waals surface area contributed by atoms with Crippen LogP contribution in [0.2, 0.25) is 0 Å². The molecule has 2 aromatic rings. The number of aryl methyl sites for hydroxylation is 2. The van der Waals surface area contributed by atoms with E-state index in [0.29, 0.717) is 0 Å². The van der Waals surface area contributed by atoms with Crippen LogP contribution in [0, 0.1) is 25.7 Å². The van der Waals surface area contributed by atoms with Crippen LogP contribution in [0.4, 0.5) is 0 Å². The van der Waals surface area contributed by atoms with Crippen molar-refractivity contribution in [3.05, 3.63) is 52.8 Å². The first-order valence-electron chi connectivity index (χ1n) is 12.8. The number of hydrogen-bond donors (Lipinski definition) is 1. The summed E-state index contributed by atoms with van der Waals surface area (Å²) in [6, 6.07) is 6.80. The van der Waals surface area contributed by atoms with Gasteiger partial charge in [0.15, 0.2) is 17.2 Å². The summed E-state index contributed by atoms with van der Waals surface area (Å²) in [5.41, 5.74) is 3.32. The minimum absolute atomic E-state index is 0.00675. The second-order valence-electron chi connectivity index (χ2n) is 10.0. The molecule has 0 aliphatic heterocycles. The van der Waals surface area contributed by atoms with Gasteiger partial charge in [0.1, 0.15) is 12.1 Å². The minimum Gasteiger partial charge on any atom is -0.493 e. The van der Waals surface area contributed by atoms with Gasteiger partial charge in [-0.2, -0.15) is 0 Å². The summed E-state index contributed by atoms with van der Waals surface area (Å²) in [5, 5.41) is 2.62. The molecule has 1 N–H and O–H groups in total. The molecule has 0 saturated heterocycles. The SMILES string of the molecule is COc1ccnc(C(=O)NC(C)C(=O)OC(C)C(c2ccc(C)cc2C)C(C)C)c1OCOC(=O)C(C)C. The van der Waals surface area contributed by atoms with Crippen molar-refractivity contribution in [1.29, 1.82) is 0 Å². The van der Waals surface area contributed by atoms with Crippen molar-refractivity contribution >= 4 is 17.8 Å². The summed E-state index contributed by atoms with van der Waals surface area (Å²) in [6.07, 6.45) is 0.955. The standard InChI is InChI=1S/C29H40N2O7/c1-16(2)24(22-11-10-18(5)14-19(22)6)21(8)38-29(34)20(7)31-27(32)25-26(23(35-9)12-13-30-25)36-15-37-28(33)17(3)4/h10-14,16-17,20-21,24H,15H2,1-9H3,(H,31,32). The zero-order valence-corrected chi connectivity index (χ0v) is 23.8. The van der Waals surface area contributed by atoms with Gasteiger partial charge in [-0.25, -0.2) is 9.78 Å². The molecule has 3 unspecified atom stereocenters. The largest absolute Gasteiger partial charge is 0.493 e. The van der Waals surface area contributed by atoms with Gasteiger partial charge in [-0.3, -0.25) is 9.59 Å². The van der Waals surface area contributed by atoms with Crippen molar-refractivity contribution in [2.45, 2.75) is 73.5 Å². The first kappa shape index (κ1) is 30.6. The second kappa shape index (κ2) is 13.8. The predicted molar refractivity (Wildman–Crippen MR) is 143 cm³/mol. The fourth-order valence-corrected chi connectivity index (χ4v) is 4.24. The third kappa shape index (κ3) is 7.94. The van der Waals surface area contributed by atoms with Crippen LogP contribution < -0.4 is 14.8 Å². The smallest absolute Gasteiger partial charge is 0.328 e. The molecule has 9 heteroatoms. The molecule has 208 valence electrons. The van der Waals surface area contributed by atoms with Crippen LogP contribution in [0.15, 0.2) is 30.5 Å². The number of esters is 2. The minimum atomic E-state index is -0.962. The van der Waals surface area contributed by atoms with Crippen LogP contribution in [0.25, 0.3) is 0 Å². The Morgan fingerprint density at radius 1 is 0.974 bits per heavy atom. The fraction of sp³-hybridized carbons (Fsp3) is 0.517. The van der Waals surface area contributed by atoms with Crippen LogP contribution in [0.5, 0.6) is 11.5 Å². The first-order chi connectivity index (χ1) is 17.9. The zero-order chi connectivity index (χ0) is 28.6. The highest BCUT2D eigenvalue weighted by molar-refractivity contribution is 5.98. The molecule has 0 bridgehead atoms. The van der Waals surface area contributed by atoms with E-state index in [2.05, 4.69) is 49.3 Å². The number of nitrogens with one attached hydrogen (secondary N) is 1. The summed E-state index contributed by atoms with van der Waals surface area (Å²) in [5.74, 6) is -1.61. The van der Waals surface area contributed by atoms with E-state index in [4.69, 9.17) is 18.9 Å². The van der Waals surface area contributed by atoms with Crippen molar-refractivity contribution in [3.63, 3.8) is 0 Å². The van der Waals surface area contributed by atoms with E-state index in [-0.39, 0.29) is 34.9 Å². The van der Waals surface area contributed by atoms with Gasteiger partial charge in [-0.1, -0.05) is 51.5 Å². The summed E-state index contributed by atoms with van der Waals surface area (Å²) in [6.45, 7) is 14.6. The molecule has 0 spiro atoms. The number of methoxy groups -OCH3 is 1. The Morgan fingerprint density at radius 2 is 1.66 bits per heavy atom. The Bertz CT molecular complexity index is 1130. The highest BCUT2D eigenvalue weighted by atomic mass is 16.7. The third-order valence-electron chi connectivity index (χ3n) is 6.19. The quantitative estimate of drug-likeness (QED) is 0.311. The van der Waals surface area contributed by atoms with Gasteiger partial charge < -0.3 is 24.3 Å². The van der Waals surface area contributed by atoms with E-state index in [0.717, 1.165) is 11.1 Å². The third-order valence-corrected chi connectivity index (χ3v) is 6.19. The molecular weight excluding hydrogens is 488 g/mol. The maximum absolute atomic E-state index is 13.1. The normalized spacial score (nSPS) is 13.4. The lowest BCUT2D eigenvalue weighted by Crippen LogP contribution is -2.42. The van der Waals surface area contributed by atoms with Gasteiger partial charge in [0.25, 0.3) is 5.91 Å². The molecule has 38 heavy (non-hydrogen) atoms. The van der Waals surface area contributed by atoms with Gasteiger partial charge in [-0.05, 0) is 44.7 Å². The number of pyridine rings is 1. The van der Waals surface area contributed by atoms with Gasteiger partial charge in [0.2, 0.25) is 6.79 Å². The second-order valence-corrected chi connectivity index (χ2v) is 10.0. The van der Waals surface area contributed by atoms with Crippen molar-refractivity contribution < 1.29 is 33.3 Å². The molecule has 2 rings (SSSR count). The fourth-order valence-electron chi connectivity index (χ4n) is 4.24. The molecule has 1 aromatic heterocycles. The molecule has 1 amide bonds. The van der Waals surface area contributed by atoms with Gasteiger partial charge in [0, 0.05) is 18.2 Å². The monoisotopic (exact) mass is 528 g/mol. The number of rotatable bonds is 12. The van der Waals surface area contributed by atoms with E-state index in [9.17, 15) is 14.4 Å². The maximum atomic E-state index is 13.1. The van der Waals surface area contributed by atoms with Crippen LogP contribution in [-0.2, 0) is 19.1 Å². The van der Waals surface area contributed by atoms with Gasteiger partial charge >= 0.3 is 11.9 Å². The molecule has 0 radical (unpaired) electrons. The Balaban J connectivity index is 2.13. The number of ether oxygens (including phenoxy) is 4. The molecule has 0 fully saturated rings. The highest BCUT2D eigenvalue weighted by Crippen LogP contribution is 2.33. The molecule has 1 heterocycles. The molecule has 1 aromatic carbocycles. The average Bonchev–Trinajstić information content (AvgIpc) is 2.84. The molecule has 3 atom stereocenters. The van der Waals surface area contributed by atoms with E-state index in [1.54, 1.807) is 20.8 Å². The van der Waals surface area contributed by atoms with Crippen molar-refractivity contribution in [1.82, 2.24) is 10.3 Å². The predicted octanol–water partition coefficient (Wildman–Crippen LogP) is 4.73. The molecule has 9 nitrogen and oxygen atoms in total. The van der Waals surface area contributed by atoms with Crippen molar-refractivity contribution in [2.24, 2.45) is 11.8 Å². The van der Waals surface area contributed by atoms with E-state index >= 15 is 0 Å². The topological polar surface area (TPSA) is 113 Å². The summed E-state index contributed by atoms with van der Waals surface area (Å²) in [7, 11) is 1.41. The molecular formula is C29H40N2O7. The van der Waals surface area contributed by atoms with Gasteiger partial charge in [-0.15, -0.1) is 0 Å². The summed E-state index contributed by atoms with van der Waals surface area (Å²) < 4.78 is 21.7. The number of benzene rings is 1. The summed E-state index contributed by atoms with van der Waals surface area (Å²) in [4.78, 5) is 41.9. The van der Waals surface area contributed by atoms with Gasteiger partial charge in [0.05, 0.1) is 13.0 Å². The van der Waals surface area contributed by atoms with E-state index in [1.165, 1.54) is 24.9 Å². The van der Waals surface area contributed by atoms with E-state index < -0.39 is 36.8 Å². The number of amides is 1. The number of nitrogens with zero attached hydrogens (tertiary/aromatic N) is 1. The first-order valence-corrected chi connectivity index (χ1v) is 12.8. The van der Waals surface area contributed by atoms with E-state index in [1.807, 2.05) is 13.8 Å². The molecule has 0 aliphatic carbocycles. The van der Waals surface area contributed by atoms with Crippen LogP contribution in [0.1, 0.15) is 74.6 Å². The Morgan fingerprint density at radius 3 is 2.24 bits per heavy atom. The highest BCUT2D eigenvalue weighted by Gasteiger charge is 2.30. The maximum Gasteiger partial charge on any atom is 0.328 e. The Labute approximate surface area is 225 Å². The molecule has 0 aliphatic rings. The lowest BCUT2D eigenvalue weighted by Gasteiger charge is -2.30. The Kier molecular flexibility index (Phi) is 11.1. The lowest BCUT2D eigenvalue weighted by atomic mass is 9.82. The van der Waals surface area contributed by atoms with Crippen LogP contribution in [-0.4, -0.2) is 48.9 Å². The average molecular weight is 529 g/mol.